The fourth-order valence-electron chi connectivity index (χ4n) is 3.89. The van der Waals surface area contributed by atoms with Crippen molar-refractivity contribution in [3.05, 3.63) is 42.2 Å². The van der Waals surface area contributed by atoms with E-state index < -0.39 is 6.10 Å². The number of rotatable bonds is 3. The third-order valence-corrected chi connectivity index (χ3v) is 5.50. The topological polar surface area (TPSA) is 79.7 Å². The third kappa shape index (κ3) is 2.81. The summed E-state index contributed by atoms with van der Waals surface area (Å²) in [5, 5.41) is 7.16. The molecule has 0 aliphatic carbocycles. The highest BCUT2D eigenvalue weighted by Gasteiger charge is 2.38. The van der Waals surface area contributed by atoms with Gasteiger partial charge < -0.3 is 15.0 Å². The van der Waals surface area contributed by atoms with Crippen LogP contribution in [0.2, 0.25) is 0 Å². The fourth-order valence-corrected chi connectivity index (χ4v) is 3.89. The summed E-state index contributed by atoms with van der Waals surface area (Å²) in [6.45, 7) is 2.54. The Morgan fingerprint density at radius 2 is 2.11 bits per heavy atom. The van der Waals surface area contributed by atoms with Crippen LogP contribution in [0.5, 0.6) is 5.75 Å². The van der Waals surface area contributed by atoms with E-state index in [2.05, 4.69) is 10.4 Å². The Morgan fingerprint density at radius 3 is 2.93 bits per heavy atom. The van der Waals surface area contributed by atoms with Gasteiger partial charge in [0.25, 0.3) is 5.91 Å². The van der Waals surface area contributed by atoms with Crippen molar-refractivity contribution >= 4 is 17.6 Å². The summed E-state index contributed by atoms with van der Waals surface area (Å²) in [5.74, 6) is 0.867. The highest BCUT2D eigenvalue weighted by molar-refractivity contribution is 5.93. The molecule has 0 saturated carbocycles. The fraction of sp³-hybridized carbons (Fsp3) is 0.421. The molecule has 1 aromatic carbocycles. The number of likely N-dealkylation sites (tertiary alicyclic amines) is 1. The normalized spacial score (nSPS) is 22.1. The van der Waals surface area contributed by atoms with Crippen LogP contribution in [0.3, 0.4) is 0 Å². The predicted molar refractivity (Wildman–Crippen MR) is 97.8 cm³/mol. The number of nitrogens with zero attached hydrogens (tertiary/aromatic N) is 4. The summed E-state index contributed by atoms with van der Waals surface area (Å²) in [6.07, 6.45) is 4.76. The van der Waals surface area contributed by atoms with Gasteiger partial charge in [0.2, 0.25) is 0 Å². The molecule has 3 amide bonds. The minimum Gasteiger partial charge on any atom is -0.480 e. The van der Waals surface area contributed by atoms with E-state index in [1.165, 1.54) is 0 Å². The summed E-state index contributed by atoms with van der Waals surface area (Å²) >= 11 is 0. The molecule has 2 fully saturated rings. The highest BCUT2D eigenvalue weighted by Crippen LogP contribution is 2.30. The number of aryl methyl sites for hydroxylation is 1. The van der Waals surface area contributed by atoms with Crippen LogP contribution in [0.4, 0.5) is 10.5 Å². The zero-order valence-electron chi connectivity index (χ0n) is 14.9. The van der Waals surface area contributed by atoms with Gasteiger partial charge in [0.05, 0.1) is 17.9 Å². The van der Waals surface area contributed by atoms with Gasteiger partial charge in [-0.1, -0.05) is 18.2 Å². The van der Waals surface area contributed by atoms with Crippen molar-refractivity contribution in [3.63, 3.8) is 0 Å². The van der Waals surface area contributed by atoms with Crippen LogP contribution in [0.25, 0.3) is 0 Å². The SMILES string of the molecule is O=C(C1CCc2ccccc2O1)N1CC(n2cc(N3CCNC3=O)cn2)C1. The maximum atomic E-state index is 12.7. The van der Waals surface area contributed by atoms with E-state index >= 15 is 0 Å². The molecule has 0 radical (unpaired) electrons. The first-order valence-electron chi connectivity index (χ1n) is 9.32. The monoisotopic (exact) mass is 367 g/mol. The molecular weight excluding hydrogens is 346 g/mol. The van der Waals surface area contributed by atoms with E-state index in [4.69, 9.17) is 4.74 Å². The Kier molecular flexibility index (Phi) is 3.77. The maximum Gasteiger partial charge on any atom is 0.322 e. The number of hydrogen-bond donors (Lipinski definition) is 1. The Morgan fingerprint density at radius 1 is 1.26 bits per heavy atom. The molecule has 5 rings (SSSR count). The van der Waals surface area contributed by atoms with Crippen LogP contribution < -0.4 is 15.0 Å². The molecule has 8 heteroatoms. The molecule has 1 atom stereocenters. The minimum absolute atomic E-state index is 0.0482. The molecule has 27 heavy (non-hydrogen) atoms. The summed E-state index contributed by atoms with van der Waals surface area (Å²) in [4.78, 5) is 28.0. The van der Waals surface area contributed by atoms with Crippen LogP contribution in [-0.2, 0) is 11.2 Å². The van der Waals surface area contributed by atoms with Crippen molar-refractivity contribution in [2.75, 3.05) is 31.1 Å². The van der Waals surface area contributed by atoms with Gasteiger partial charge in [-0.05, 0) is 24.5 Å². The average Bonchev–Trinajstić information content (AvgIpc) is 3.29. The third-order valence-electron chi connectivity index (χ3n) is 5.50. The van der Waals surface area contributed by atoms with E-state index in [0.717, 1.165) is 23.4 Å². The minimum atomic E-state index is -0.401. The first kappa shape index (κ1) is 16.2. The van der Waals surface area contributed by atoms with E-state index in [1.807, 2.05) is 40.0 Å². The summed E-state index contributed by atoms with van der Waals surface area (Å²) in [6, 6.07) is 7.95. The molecule has 4 heterocycles. The number of hydrogen-bond acceptors (Lipinski definition) is 4. The number of para-hydroxylation sites is 1. The number of fused-ring (bicyclic) bond motifs is 1. The number of carbonyl (C=O) groups excluding carboxylic acids is 2. The number of amides is 3. The molecule has 1 aromatic heterocycles. The molecule has 3 aliphatic rings. The van der Waals surface area contributed by atoms with Crippen molar-refractivity contribution in [1.82, 2.24) is 20.0 Å². The van der Waals surface area contributed by atoms with E-state index in [-0.39, 0.29) is 18.0 Å². The van der Waals surface area contributed by atoms with Gasteiger partial charge in [0, 0.05) is 32.4 Å². The Labute approximate surface area is 156 Å². The van der Waals surface area contributed by atoms with Gasteiger partial charge >= 0.3 is 6.03 Å². The molecule has 0 spiro atoms. The second-order valence-corrected chi connectivity index (χ2v) is 7.21. The van der Waals surface area contributed by atoms with Gasteiger partial charge in [-0.3, -0.25) is 14.4 Å². The Balaban J connectivity index is 1.19. The van der Waals surface area contributed by atoms with Gasteiger partial charge in [-0.15, -0.1) is 0 Å². The molecule has 8 nitrogen and oxygen atoms in total. The second kappa shape index (κ2) is 6.29. The number of ether oxygens (including phenoxy) is 1. The first-order chi connectivity index (χ1) is 13.2. The zero-order valence-corrected chi connectivity index (χ0v) is 14.9. The molecule has 0 bridgehead atoms. The molecule has 2 aromatic rings. The number of nitrogens with one attached hydrogen (secondary N) is 1. The number of aromatic nitrogens is 2. The van der Waals surface area contributed by atoms with Crippen molar-refractivity contribution in [2.45, 2.75) is 25.0 Å². The van der Waals surface area contributed by atoms with Crippen LogP contribution >= 0.6 is 0 Å². The van der Waals surface area contributed by atoms with Gasteiger partial charge in [0.1, 0.15) is 5.75 Å². The largest absolute Gasteiger partial charge is 0.480 e. The van der Waals surface area contributed by atoms with E-state index in [9.17, 15) is 9.59 Å². The van der Waals surface area contributed by atoms with Crippen LogP contribution in [-0.4, -0.2) is 58.9 Å². The lowest BCUT2D eigenvalue weighted by molar-refractivity contribution is -0.145. The average molecular weight is 367 g/mol. The van der Waals surface area contributed by atoms with Crippen LogP contribution in [0, 0.1) is 0 Å². The number of carbonyl (C=O) groups is 2. The van der Waals surface area contributed by atoms with Crippen LogP contribution in [0.15, 0.2) is 36.7 Å². The Bertz CT molecular complexity index is 889. The smallest absolute Gasteiger partial charge is 0.322 e. The standard InChI is InChI=1S/C19H21N5O3/c25-18(17-6-5-13-3-1-2-4-16(13)27-17)22-10-15(11-22)24-12-14(9-21-24)23-8-7-20-19(23)26/h1-4,9,12,15,17H,5-8,10-11H2,(H,20,26). The number of urea groups is 1. The number of benzene rings is 1. The van der Waals surface area contributed by atoms with Crippen LogP contribution in [0.1, 0.15) is 18.0 Å². The second-order valence-electron chi connectivity index (χ2n) is 7.21. The van der Waals surface area contributed by atoms with Crippen molar-refractivity contribution in [1.29, 1.82) is 0 Å². The Hall–Kier alpha value is -3.03. The summed E-state index contributed by atoms with van der Waals surface area (Å²) in [5.41, 5.74) is 1.96. The highest BCUT2D eigenvalue weighted by atomic mass is 16.5. The molecule has 2 saturated heterocycles. The summed E-state index contributed by atoms with van der Waals surface area (Å²) < 4.78 is 7.76. The van der Waals surface area contributed by atoms with Gasteiger partial charge in [-0.25, -0.2) is 4.79 Å². The van der Waals surface area contributed by atoms with Gasteiger partial charge in [-0.2, -0.15) is 5.10 Å². The van der Waals surface area contributed by atoms with Gasteiger partial charge in [0.15, 0.2) is 6.10 Å². The first-order valence-corrected chi connectivity index (χ1v) is 9.32. The zero-order chi connectivity index (χ0) is 18.4. The lowest BCUT2D eigenvalue weighted by Crippen LogP contribution is -2.55. The molecular formula is C19H21N5O3. The van der Waals surface area contributed by atoms with E-state index in [1.54, 1.807) is 11.1 Å². The lowest BCUT2D eigenvalue weighted by Gasteiger charge is -2.41. The van der Waals surface area contributed by atoms with Crippen molar-refractivity contribution in [3.8, 4) is 5.75 Å². The molecule has 1 unspecified atom stereocenters. The number of anilines is 1. The van der Waals surface area contributed by atoms with Crippen molar-refractivity contribution in [2.24, 2.45) is 0 Å². The maximum absolute atomic E-state index is 12.7. The molecule has 3 aliphatic heterocycles. The molecule has 140 valence electrons. The van der Waals surface area contributed by atoms with E-state index in [0.29, 0.717) is 32.6 Å². The summed E-state index contributed by atoms with van der Waals surface area (Å²) in [7, 11) is 0. The predicted octanol–water partition coefficient (Wildman–Crippen LogP) is 1.19. The van der Waals surface area contributed by atoms with Crippen molar-refractivity contribution < 1.29 is 14.3 Å². The quantitative estimate of drug-likeness (QED) is 0.884. The molecule has 1 N–H and O–H groups in total. The lowest BCUT2D eigenvalue weighted by atomic mass is 10.00.